The molecule has 154 valence electrons. The van der Waals surface area contributed by atoms with Crippen LogP contribution in [0, 0.1) is 5.41 Å². The van der Waals surface area contributed by atoms with Crippen LogP contribution in [-0.2, 0) is 9.59 Å². The molecular weight excluding hydrogens is 328 g/mol. The summed E-state index contributed by atoms with van der Waals surface area (Å²) < 4.78 is 0. The molecule has 0 unspecified atom stereocenters. The van der Waals surface area contributed by atoms with Gasteiger partial charge in [-0.2, -0.15) is 0 Å². The molecule has 0 saturated carbocycles. The number of hydrogen-bond acceptors (Lipinski definition) is 2. The predicted molar refractivity (Wildman–Crippen MR) is 108 cm³/mol. The standard InChI is InChI=1S/C22H42O4/c1-3-5-6-7-8-9-10-11-12-13-14-15-16-17-19-22(18-4-2,20(23)24)21(25)26/h3-19H2,1-2H3,(H,23,24)(H,25,26). The van der Waals surface area contributed by atoms with Gasteiger partial charge in [-0.3, -0.25) is 9.59 Å². The smallest absolute Gasteiger partial charge is 0.321 e. The number of hydrogen-bond donors (Lipinski definition) is 2. The maximum absolute atomic E-state index is 11.4. The number of carboxylic acids is 2. The highest BCUT2D eigenvalue weighted by Crippen LogP contribution is 2.32. The van der Waals surface area contributed by atoms with E-state index < -0.39 is 17.4 Å². The minimum atomic E-state index is -1.58. The van der Waals surface area contributed by atoms with Crippen LogP contribution in [0.1, 0.15) is 123 Å². The van der Waals surface area contributed by atoms with E-state index in [4.69, 9.17) is 0 Å². The van der Waals surface area contributed by atoms with Crippen molar-refractivity contribution in [2.24, 2.45) is 5.41 Å². The van der Waals surface area contributed by atoms with E-state index in [-0.39, 0.29) is 12.8 Å². The van der Waals surface area contributed by atoms with Crippen molar-refractivity contribution in [3.8, 4) is 0 Å². The maximum atomic E-state index is 11.4. The van der Waals surface area contributed by atoms with Gasteiger partial charge in [-0.15, -0.1) is 0 Å². The minimum absolute atomic E-state index is 0.218. The van der Waals surface area contributed by atoms with Gasteiger partial charge in [0.2, 0.25) is 0 Å². The van der Waals surface area contributed by atoms with Gasteiger partial charge in [-0.05, 0) is 12.8 Å². The van der Waals surface area contributed by atoms with Gasteiger partial charge in [0.25, 0.3) is 0 Å². The van der Waals surface area contributed by atoms with E-state index in [2.05, 4.69) is 6.92 Å². The highest BCUT2D eigenvalue weighted by atomic mass is 16.4. The molecule has 0 aromatic heterocycles. The Morgan fingerprint density at radius 3 is 1.19 bits per heavy atom. The van der Waals surface area contributed by atoms with E-state index in [1.165, 1.54) is 70.6 Å². The lowest BCUT2D eigenvalue weighted by atomic mass is 9.78. The zero-order valence-electron chi connectivity index (χ0n) is 17.2. The summed E-state index contributed by atoms with van der Waals surface area (Å²) in [5, 5.41) is 18.7. The van der Waals surface area contributed by atoms with Crippen molar-refractivity contribution in [2.45, 2.75) is 123 Å². The van der Waals surface area contributed by atoms with Crippen LogP contribution in [0.5, 0.6) is 0 Å². The first kappa shape index (κ1) is 24.9. The molecule has 0 bridgehead atoms. The van der Waals surface area contributed by atoms with Crippen molar-refractivity contribution in [3.63, 3.8) is 0 Å². The summed E-state index contributed by atoms with van der Waals surface area (Å²) >= 11 is 0. The van der Waals surface area contributed by atoms with Crippen molar-refractivity contribution in [1.82, 2.24) is 0 Å². The van der Waals surface area contributed by atoms with Gasteiger partial charge in [-0.25, -0.2) is 0 Å². The zero-order chi connectivity index (χ0) is 19.7. The summed E-state index contributed by atoms with van der Waals surface area (Å²) in [6.07, 6.45) is 18.4. The van der Waals surface area contributed by atoms with Crippen molar-refractivity contribution >= 4 is 11.9 Å². The fourth-order valence-corrected chi connectivity index (χ4v) is 3.69. The van der Waals surface area contributed by atoms with Gasteiger partial charge < -0.3 is 10.2 Å². The van der Waals surface area contributed by atoms with Crippen molar-refractivity contribution in [1.29, 1.82) is 0 Å². The largest absolute Gasteiger partial charge is 0.480 e. The lowest BCUT2D eigenvalue weighted by molar-refractivity contribution is -0.166. The van der Waals surface area contributed by atoms with Gasteiger partial charge in [0, 0.05) is 0 Å². The Morgan fingerprint density at radius 2 is 0.885 bits per heavy atom. The third-order valence-corrected chi connectivity index (χ3v) is 5.45. The quantitative estimate of drug-likeness (QED) is 0.193. The third-order valence-electron chi connectivity index (χ3n) is 5.45. The van der Waals surface area contributed by atoms with Gasteiger partial charge in [0.1, 0.15) is 0 Å². The second kappa shape index (κ2) is 16.1. The number of rotatable bonds is 19. The Labute approximate surface area is 160 Å². The van der Waals surface area contributed by atoms with Crippen LogP contribution in [0.25, 0.3) is 0 Å². The zero-order valence-corrected chi connectivity index (χ0v) is 17.2. The predicted octanol–water partition coefficient (Wildman–Crippen LogP) is 6.81. The molecule has 2 N–H and O–H groups in total. The first-order chi connectivity index (χ1) is 12.5. The SMILES string of the molecule is CCCCCCCCCCCCCCCCC(CCC)(C(=O)O)C(=O)O. The Kier molecular flexibility index (Phi) is 15.5. The fourth-order valence-electron chi connectivity index (χ4n) is 3.69. The van der Waals surface area contributed by atoms with Crippen LogP contribution >= 0.6 is 0 Å². The summed E-state index contributed by atoms with van der Waals surface area (Å²) in [5.41, 5.74) is -1.58. The molecule has 0 heterocycles. The van der Waals surface area contributed by atoms with Crippen LogP contribution in [0.4, 0.5) is 0 Å². The number of aliphatic carboxylic acids is 2. The van der Waals surface area contributed by atoms with Crippen LogP contribution < -0.4 is 0 Å². The van der Waals surface area contributed by atoms with Gasteiger partial charge in [0.05, 0.1) is 0 Å². The van der Waals surface area contributed by atoms with Crippen molar-refractivity contribution in [2.75, 3.05) is 0 Å². The van der Waals surface area contributed by atoms with E-state index in [9.17, 15) is 19.8 Å². The first-order valence-electron chi connectivity index (χ1n) is 11.0. The molecule has 4 nitrogen and oxygen atoms in total. The molecular formula is C22H42O4. The lowest BCUT2D eigenvalue weighted by Crippen LogP contribution is -2.39. The molecule has 4 heteroatoms. The molecule has 0 amide bonds. The molecule has 0 aromatic rings. The normalized spacial score (nSPS) is 11.6. The maximum Gasteiger partial charge on any atom is 0.321 e. The number of unbranched alkanes of at least 4 members (excludes halogenated alkanes) is 13. The van der Waals surface area contributed by atoms with Gasteiger partial charge in [-0.1, -0.05) is 110 Å². The average Bonchev–Trinajstić information content (AvgIpc) is 2.60. The second-order valence-electron chi connectivity index (χ2n) is 7.79. The molecule has 0 aliphatic rings. The Morgan fingerprint density at radius 1 is 0.538 bits per heavy atom. The summed E-state index contributed by atoms with van der Waals surface area (Å²) in [6.45, 7) is 4.09. The molecule has 0 spiro atoms. The van der Waals surface area contributed by atoms with Crippen LogP contribution in [-0.4, -0.2) is 22.2 Å². The Bertz CT molecular complexity index is 351. The second-order valence-corrected chi connectivity index (χ2v) is 7.79. The lowest BCUT2D eigenvalue weighted by Gasteiger charge is -2.24. The summed E-state index contributed by atoms with van der Waals surface area (Å²) in [7, 11) is 0. The molecule has 0 atom stereocenters. The van der Waals surface area contributed by atoms with E-state index in [0.29, 0.717) is 12.8 Å². The van der Waals surface area contributed by atoms with Crippen LogP contribution in [0.15, 0.2) is 0 Å². The highest BCUT2D eigenvalue weighted by molar-refractivity contribution is 5.98. The summed E-state index contributed by atoms with van der Waals surface area (Å²) in [6, 6.07) is 0. The molecule has 0 aliphatic carbocycles. The monoisotopic (exact) mass is 370 g/mol. The molecule has 0 rings (SSSR count). The third kappa shape index (κ3) is 10.8. The van der Waals surface area contributed by atoms with E-state index in [1.54, 1.807) is 0 Å². The molecule has 0 aliphatic heterocycles. The molecule has 0 fully saturated rings. The highest BCUT2D eigenvalue weighted by Gasteiger charge is 2.44. The van der Waals surface area contributed by atoms with E-state index in [1.807, 2.05) is 6.92 Å². The Balaban J connectivity index is 3.62. The van der Waals surface area contributed by atoms with Gasteiger partial charge >= 0.3 is 11.9 Å². The average molecular weight is 371 g/mol. The summed E-state index contributed by atoms with van der Waals surface area (Å²) in [5.74, 6) is -2.36. The van der Waals surface area contributed by atoms with Crippen molar-refractivity contribution in [3.05, 3.63) is 0 Å². The molecule has 0 saturated heterocycles. The molecule has 26 heavy (non-hydrogen) atoms. The first-order valence-corrected chi connectivity index (χ1v) is 11.0. The van der Waals surface area contributed by atoms with E-state index >= 15 is 0 Å². The molecule has 0 aromatic carbocycles. The van der Waals surface area contributed by atoms with Crippen molar-refractivity contribution < 1.29 is 19.8 Å². The van der Waals surface area contributed by atoms with Crippen LogP contribution in [0.2, 0.25) is 0 Å². The van der Waals surface area contributed by atoms with Crippen LogP contribution in [0.3, 0.4) is 0 Å². The van der Waals surface area contributed by atoms with E-state index in [0.717, 1.165) is 12.8 Å². The number of carboxylic acid groups (broad SMARTS) is 2. The minimum Gasteiger partial charge on any atom is -0.480 e. The summed E-state index contributed by atoms with van der Waals surface area (Å²) in [4.78, 5) is 22.9. The van der Waals surface area contributed by atoms with Gasteiger partial charge in [0.15, 0.2) is 5.41 Å². The topological polar surface area (TPSA) is 74.6 Å². The molecule has 0 radical (unpaired) electrons. The Hall–Kier alpha value is -1.06. The fraction of sp³-hybridized carbons (Fsp3) is 0.909. The number of carbonyl (C=O) groups is 2.